The van der Waals surface area contributed by atoms with Crippen LogP contribution in [0, 0.1) is 11.6 Å². The van der Waals surface area contributed by atoms with Crippen LogP contribution in [0.2, 0.25) is 0 Å². The topological polar surface area (TPSA) is 72.9 Å². The Kier molecular flexibility index (Phi) is 8.03. The monoisotopic (exact) mass is 503 g/mol. The number of esters is 2. The van der Waals surface area contributed by atoms with E-state index in [1.165, 1.54) is 46.1 Å². The van der Waals surface area contributed by atoms with Crippen LogP contribution in [0.15, 0.2) is 30.3 Å². The van der Waals surface area contributed by atoms with E-state index < -0.39 is 35.3 Å². The standard InChI is InChI=1S/C27H28F3NO5/c1-15-8-18-12-23(36-16(2)33)19(13-32)11-20(18)26(31(15)14-27(3,4)30)25-21(28)9-17(10-22(25)29)6-7-24(34)35-5/h6-7,9-13,15,26H,8,14H2,1-5H3/b7-6+/t15-,26+/m1/s1. The van der Waals surface area contributed by atoms with E-state index in [0.717, 1.165) is 18.2 Å². The lowest BCUT2D eigenvalue weighted by Gasteiger charge is -2.44. The zero-order chi connectivity index (χ0) is 26.8. The fraction of sp³-hybridized carbons (Fsp3) is 0.370. The van der Waals surface area contributed by atoms with Gasteiger partial charge in [0.1, 0.15) is 23.1 Å². The first-order valence-electron chi connectivity index (χ1n) is 11.3. The number of rotatable bonds is 7. The number of carbonyl (C=O) groups is 3. The molecule has 0 aliphatic carbocycles. The average Bonchev–Trinajstić information content (AvgIpc) is 2.77. The van der Waals surface area contributed by atoms with Gasteiger partial charge in [0, 0.05) is 31.1 Å². The summed E-state index contributed by atoms with van der Waals surface area (Å²) >= 11 is 0. The SMILES string of the molecule is COC(=O)/C=C/c1cc(F)c([C@@H]2c3cc(C=O)c(OC(C)=O)cc3C[C@@H](C)N2CC(C)(C)F)c(F)c1. The van der Waals surface area contributed by atoms with Crippen molar-refractivity contribution in [2.24, 2.45) is 0 Å². The van der Waals surface area contributed by atoms with Crippen molar-refractivity contribution in [3.8, 4) is 5.75 Å². The van der Waals surface area contributed by atoms with Gasteiger partial charge in [0.15, 0.2) is 6.29 Å². The van der Waals surface area contributed by atoms with Gasteiger partial charge in [-0.15, -0.1) is 0 Å². The van der Waals surface area contributed by atoms with E-state index >= 15 is 8.78 Å². The van der Waals surface area contributed by atoms with Crippen molar-refractivity contribution in [2.75, 3.05) is 13.7 Å². The molecule has 0 radical (unpaired) electrons. The molecule has 9 heteroatoms. The van der Waals surface area contributed by atoms with Crippen molar-refractivity contribution in [3.05, 3.63) is 69.8 Å². The van der Waals surface area contributed by atoms with Crippen LogP contribution in [-0.2, 0) is 20.7 Å². The van der Waals surface area contributed by atoms with E-state index in [1.807, 2.05) is 6.92 Å². The molecule has 0 saturated carbocycles. The van der Waals surface area contributed by atoms with Crippen LogP contribution in [0.1, 0.15) is 66.3 Å². The lowest BCUT2D eigenvalue weighted by molar-refractivity contribution is -0.135. The normalized spacial score (nSPS) is 18.1. The van der Waals surface area contributed by atoms with E-state index in [4.69, 9.17) is 4.74 Å². The number of alkyl halides is 1. The molecule has 0 aromatic heterocycles. The van der Waals surface area contributed by atoms with Crippen molar-refractivity contribution in [1.29, 1.82) is 0 Å². The van der Waals surface area contributed by atoms with Gasteiger partial charge >= 0.3 is 11.9 Å². The number of aldehydes is 1. The van der Waals surface area contributed by atoms with E-state index in [9.17, 15) is 18.8 Å². The third-order valence-corrected chi connectivity index (χ3v) is 5.91. The van der Waals surface area contributed by atoms with Crippen LogP contribution < -0.4 is 4.74 Å². The zero-order valence-electron chi connectivity index (χ0n) is 20.7. The van der Waals surface area contributed by atoms with E-state index in [2.05, 4.69) is 4.74 Å². The van der Waals surface area contributed by atoms with Gasteiger partial charge < -0.3 is 9.47 Å². The van der Waals surface area contributed by atoms with Gasteiger partial charge in [-0.3, -0.25) is 14.5 Å². The maximum atomic E-state index is 15.5. The molecule has 0 saturated heterocycles. The van der Waals surface area contributed by atoms with Crippen LogP contribution in [0.3, 0.4) is 0 Å². The number of ether oxygens (including phenoxy) is 2. The number of halogens is 3. The predicted molar refractivity (Wildman–Crippen MR) is 127 cm³/mol. The maximum Gasteiger partial charge on any atom is 0.330 e. The minimum absolute atomic E-state index is 0.0291. The van der Waals surface area contributed by atoms with E-state index in [0.29, 0.717) is 23.8 Å². The average molecular weight is 504 g/mol. The van der Waals surface area contributed by atoms with Crippen molar-refractivity contribution in [3.63, 3.8) is 0 Å². The summed E-state index contributed by atoms with van der Waals surface area (Å²) in [6.45, 7) is 5.62. The molecule has 0 bridgehead atoms. The molecule has 6 nitrogen and oxygen atoms in total. The molecule has 1 heterocycles. The Morgan fingerprint density at radius 1 is 1.17 bits per heavy atom. The summed E-state index contributed by atoms with van der Waals surface area (Å²) in [6.07, 6.45) is 3.12. The highest BCUT2D eigenvalue weighted by Gasteiger charge is 2.39. The molecule has 0 amide bonds. The molecule has 0 fully saturated rings. The Hall–Kier alpha value is -3.46. The molecule has 0 spiro atoms. The van der Waals surface area contributed by atoms with Crippen LogP contribution >= 0.6 is 0 Å². The summed E-state index contributed by atoms with van der Waals surface area (Å²) < 4.78 is 55.5. The van der Waals surface area contributed by atoms with Crippen molar-refractivity contribution in [1.82, 2.24) is 4.90 Å². The summed E-state index contributed by atoms with van der Waals surface area (Å²) in [5, 5.41) is 0. The molecule has 36 heavy (non-hydrogen) atoms. The van der Waals surface area contributed by atoms with Crippen molar-refractivity contribution in [2.45, 2.75) is 51.9 Å². The van der Waals surface area contributed by atoms with Gasteiger partial charge in [-0.1, -0.05) is 0 Å². The Morgan fingerprint density at radius 2 is 1.81 bits per heavy atom. The fourth-order valence-electron chi connectivity index (χ4n) is 4.49. The maximum absolute atomic E-state index is 15.5. The summed E-state index contributed by atoms with van der Waals surface area (Å²) in [4.78, 5) is 36.3. The largest absolute Gasteiger partial charge is 0.466 e. The smallest absolute Gasteiger partial charge is 0.330 e. The highest BCUT2D eigenvalue weighted by Crippen LogP contribution is 2.43. The molecule has 2 aromatic rings. The Labute approximate surface area is 207 Å². The Morgan fingerprint density at radius 3 is 2.33 bits per heavy atom. The van der Waals surface area contributed by atoms with Gasteiger partial charge in [-0.25, -0.2) is 18.0 Å². The molecule has 1 aliphatic heterocycles. The summed E-state index contributed by atoms with van der Waals surface area (Å²) in [6, 6.07) is 3.68. The number of carbonyl (C=O) groups excluding carboxylic acids is 3. The Balaban J connectivity index is 2.23. The number of fused-ring (bicyclic) bond motifs is 1. The van der Waals surface area contributed by atoms with Gasteiger partial charge in [0.2, 0.25) is 0 Å². The summed E-state index contributed by atoms with van der Waals surface area (Å²) in [5.41, 5.74) is -0.854. The van der Waals surface area contributed by atoms with E-state index in [1.54, 1.807) is 4.90 Å². The second kappa shape index (κ2) is 10.7. The zero-order valence-corrected chi connectivity index (χ0v) is 20.7. The third kappa shape index (κ3) is 6.02. The fourth-order valence-corrected chi connectivity index (χ4v) is 4.49. The van der Waals surface area contributed by atoms with Crippen LogP contribution in [0.25, 0.3) is 6.08 Å². The molecule has 2 atom stereocenters. The number of methoxy groups -OCH3 is 1. The molecule has 3 rings (SSSR count). The third-order valence-electron chi connectivity index (χ3n) is 5.91. The number of hydrogen-bond donors (Lipinski definition) is 0. The molecule has 192 valence electrons. The minimum Gasteiger partial charge on any atom is -0.466 e. The summed E-state index contributed by atoms with van der Waals surface area (Å²) in [5.74, 6) is -3.06. The number of hydrogen-bond acceptors (Lipinski definition) is 6. The lowest BCUT2D eigenvalue weighted by atomic mass is 9.82. The molecule has 0 unspecified atom stereocenters. The second-order valence-corrected chi connectivity index (χ2v) is 9.40. The van der Waals surface area contributed by atoms with Gasteiger partial charge in [0.25, 0.3) is 0 Å². The number of benzene rings is 2. The van der Waals surface area contributed by atoms with Crippen LogP contribution in [-0.4, -0.2) is 48.5 Å². The molecular formula is C27H28F3NO5. The summed E-state index contributed by atoms with van der Waals surface area (Å²) in [7, 11) is 1.18. The highest BCUT2D eigenvalue weighted by molar-refractivity contribution is 5.87. The van der Waals surface area contributed by atoms with Crippen LogP contribution in [0.5, 0.6) is 5.75 Å². The molecule has 0 N–H and O–H groups in total. The predicted octanol–water partition coefficient (Wildman–Crippen LogP) is 4.97. The van der Waals surface area contributed by atoms with Crippen molar-refractivity contribution < 1.29 is 37.0 Å². The minimum atomic E-state index is -1.69. The first-order valence-corrected chi connectivity index (χ1v) is 11.3. The first-order chi connectivity index (χ1) is 16.8. The van der Waals surface area contributed by atoms with Crippen molar-refractivity contribution >= 4 is 24.3 Å². The quantitative estimate of drug-likeness (QED) is 0.230. The van der Waals surface area contributed by atoms with Gasteiger partial charge in [0.05, 0.1) is 18.7 Å². The molecule has 2 aromatic carbocycles. The van der Waals surface area contributed by atoms with E-state index in [-0.39, 0.29) is 35.0 Å². The molecular weight excluding hydrogens is 475 g/mol. The number of nitrogens with zero attached hydrogens (tertiary/aromatic N) is 1. The highest BCUT2D eigenvalue weighted by atomic mass is 19.1. The van der Waals surface area contributed by atoms with Gasteiger partial charge in [-0.05, 0) is 74.2 Å². The first kappa shape index (κ1) is 27.1. The molecule has 1 aliphatic rings. The van der Waals surface area contributed by atoms with Crippen LogP contribution in [0.4, 0.5) is 13.2 Å². The second-order valence-electron chi connectivity index (χ2n) is 9.40. The Bertz CT molecular complexity index is 1200. The lowest BCUT2D eigenvalue weighted by Crippen LogP contribution is -2.48. The van der Waals surface area contributed by atoms with Gasteiger partial charge in [-0.2, -0.15) is 0 Å².